The molecule has 0 aliphatic carbocycles. The van der Waals surface area contributed by atoms with Gasteiger partial charge in [-0.05, 0) is 32.2 Å². The van der Waals surface area contributed by atoms with Gasteiger partial charge >= 0.3 is 0 Å². The first kappa shape index (κ1) is 16.2. The Balaban J connectivity index is 0.00000162. The largest absolute Gasteiger partial charge is 0.316 e. The third kappa shape index (κ3) is 3.18. The van der Waals surface area contributed by atoms with Crippen molar-refractivity contribution in [2.24, 2.45) is 5.41 Å². The van der Waals surface area contributed by atoms with Crippen molar-refractivity contribution in [3.05, 3.63) is 0 Å². The first-order valence-electron chi connectivity index (χ1n) is 6.40. The summed E-state index contributed by atoms with van der Waals surface area (Å²) in [4.78, 5) is 2.33. The predicted octanol–water partition coefficient (Wildman–Crippen LogP) is 0.917. The molecule has 2 rings (SSSR count). The van der Waals surface area contributed by atoms with Gasteiger partial charge in [0.05, 0.1) is 10.5 Å². The van der Waals surface area contributed by atoms with Gasteiger partial charge in [-0.3, -0.25) is 0 Å². The Hall–Kier alpha value is 0.160. The molecule has 2 aliphatic heterocycles. The van der Waals surface area contributed by atoms with Crippen LogP contribution in [0.25, 0.3) is 0 Å². The fraction of sp³-hybridized carbons (Fsp3) is 1.00. The molecule has 0 amide bonds. The van der Waals surface area contributed by atoms with Crippen molar-refractivity contribution in [1.82, 2.24) is 10.2 Å². The Morgan fingerprint density at radius 1 is 1.28 bits per heavy atom. The molecule has 0 aromatic rings. The van der Waals surface area contributed by atoms with E-state index in [-0.39, 0.29) is 12.4 Å². The first-order valence-corrected chi connectivity index (χ1v) is 8.05. The molecule has 0 aromatic heterocycles. The smallest absolute Gasteiger partial charge is 0.157 e. The molecule has 18 heavy (non-hydrogen) atoms. The molecule has 2 saturated heterocycles. The van der Waals surface area contributed by atoms with Crippen molar-refractivity contribution in [1.29, 1.82) is 0 Å². The Morgan fingerprint density at radius 2 is 1.94 bits per heavy atom. The summed E-state index contributed by atoms with van der Waals surface area (Å²) in [7, 11) is -2.90. The van der Waals surface area contributed by atoms with Crippen LogP contribution in [0.3, 0.4) is 0 Å². The van der Waals surface area contributed by atoms with Crippen LogP contribution in [-0.2, 0) is 9.84 Å². The van der Waals surface area contributed by atoms with E-state index in [1.54, 1.807) is 0 Å². The molecule has 2 aliphatic rings. The molecule has 4 nitrogen and oxygen atoms in total. The maximum atomic E-state index is 11.9. The van der Waals surface area contributed by atoms with E-state index in [9.17, 15) is 8.42 Å². The number of hydrogen-bond acceptors (Lipinski definition) is 4. The SMILES string of the molecule is CC1(CN2CCS(=O)(=O)C(C)(C)C2)CCNC1.Cl. The van der Waals surface area contributed by atoms with Gasteiger partial charge in [0.15, 0.2) is 9.84 Å². The van der Waals surface area contributed by atoms with Crippen LogP contribution >= 0.6 is 12.4 Å². The molecular formula is C12H25ClN2O2S. The summed E-state index contributed by atoms with van der Waals surface area (Å²) in [5.41, 5.74) is 0.317. The Labute approximate surface area is 117 Å². The number of hydrogen-bond donors (Lipinski definition) is 1. The molecule has 1 unspecified atom stereocenters. The maximum absolute atomic E-state index is 11.9. The highest BCUT2D eigenvalue weighted by Gasteiger charge is 2.42. The fourth-order valence-corrected chi connectivity index (χ4v) is 4.35. The molecule has 2 heterocycles. The van der Waals surface area contributed by atoms with Gasteiger partial charge in [0.1, 0.15) is 0 Å². The number of nitrogens with one attached hydrogen (secondary N) is 1. The minimum atomic E-state index is -2.90. The van der Waals surface area contributed by atoms with Crippen molar-refractivity contribution in [3.63, 3.8) is 0 Å². The molecule has 1 N–H and O–H groups in total. The van der Waals surface area contributed by atoms with Crippen LogP contribution in [-0.4, -0.2) is 56.5 Å². The minimum Gasteiger partial charge on any atom is -0.316 e. The third-order valence-electron chi connectivity index (χ3n) is 4.18. The van der Waals surface area contributed by atoms with Crippen LogP contribution in [0, 0.1) is 5.41 Å². The Morgan fingerprint density at radius 3 is 2.44 bits per heavy atom. The molecule has 0 aromatic carbocycles. The van der Waals surface area contributed by atoms with E-state index in [0.29, 0.717) is 24.3 Å². The summed E-state index contributed by atoms with van der Waals surface area (Å²) in [6.45, 7) is 10.5. The molecule has 1 atom stereocenters. The van der Waals surface area contributed by atoms with Crippen molar-refractivity contribution in [3.8, 4) is 0 Å². The van der Waals surface area contributed by atoms with E-state index in [0.717, 1.165) is 19.6 Å². The van der Waals surface area contributed by atoms with Gasteiger partial charge in [0, 0.05) is 26.2 Å². The molecule has 0 saturated carbocycles. The quantitative estimate of drug-likeness (QED) is 0.823. The van der Waals surface area contributed by atoms with Crippen molar-refractivity contribution in [2.45, 2.75) is 31.9 Å². The summed E-state index contributed by atoms with van der Waals surface area (Å²) in [5.74, 6) is 0.309. The van der Waals surface area contributed by atoms with Crippen LogP contribution in [0.2, 0.25) is 0 Å². The van der Waals surface area contributed by atoms with E-state index in [2.05, 4.69) is 17.1 Å². The predicted molar refractivity (Wildman–Crippen MR) is 77.1 cm³/mol. The van der Waals surface area contributed by atoms with Crippen LogP contribution < -0.4 is 5.32 Å². The molecule has 108 valence electrons. The zero-order valence-corrected chi connectivity index (χ0v) is 13.2. The fourth-order valence-electron chi connectivity index (χ4n) is 2.92. The zero-order chi connectivity index (χ0) is 12.7. The van der Waals surface area contributed by atoms with Crippen LogP contribution in [0.15, 0.2) is 0 Å². The topological polar surface area (TPSA) is 49.4 Å². The highest BCUT2D eigenvalue weighted by atomic mass is 35.5. The Kier molecular flexibility index (Phi) is 4.75. The van der Waals surface area contributed by atoms with Crippen molar-refractivity contribution < 1.29 is 8.42 Å². The Bertz CT molecular complexity index is 389. The summed E-state index contributed by atoms with van der Waals surface area (Å²) in [6, 6.07) is 0. The van der Waals surface area contributed by atoms with Gasteiger partial charge in [0.25, 0.3) is 0 Å². The molecule has 0 bridgehead atoms. The lowest BCUT2D eigenvalue weighted by Crippen LogP contribution is -2.55. The van der Waals surface area contributed by atoms with Crippen LogP contribution in [0.1, 0.15) is 27.2 Å². The van der Waals surface area contributed by atoms with Crippen molar-refractivity contribution in [2.75, 3.05) is 38.5 Å². The lowest BCUT2D eigenvalue weighted by molar-refractivity contribution is 0.166. The number of halogens is 1. The second-order valence-electron chi connectivity index (χ2n) is 6.53. The van der Waals surface area contributed by atoms with E-state index >= 15 is 0 Å². The van der Waals surface area contributed by atoms with Crippen LogP contribution in [0.5, 0.6) is 0 Å². The van der Waals surface area contributed by atoms with Crippen molar-refractivity contribution >= 4 is 22.2 Å². The van der Waals surface area contributed by atoms with Crippen LogP contribution in [0.4, 0.5) is 0 Å². The van der Waals surface area contributed by atoms with E-state index < -0.39 is 14.6 Å². The zero-order valence-electron chi connectivity index (χ0n) is 11.5. The molecule has 6 heteroatoms. The highest BCUT2D eigenvalue weighted by Crippen LogP contribution is 2.30. The number of nitrogens with zero attached hydrogens (tertiary/aromatic N) is 1. The second-order valence-corrected chi connectivity index (χ2v) is 9.27. The molecule has 2 fully saturated rings. The standard InChI is InChI=1S/C12H24N2O2S.ClH/c1-11(2)9-14(6-7-17(11,15)16)10-12(3)4-5-13-8-12;/h13H,4-10H2,1-3H3;1H. The first-order chi connectivity index (χ1) is 7.74. The van der Waals surface area contributed by atoms with Gasteiger partial charge in [-0.25, -0.2) is 8.42 Å². The molecule has 0 spiro atoms. The van der Waals surface area contributed by atoms with Gasteiger partial charge in [-0.2, -0.15) is 0 Å². The van der Waals surface area contributed by atoms with Gasteiger partial charge in [-0.15, -0.1) is 12.4 Å². The van der Waals surface area contributed by atoms with Gasteiger partial charge in [0.2, 0.25) is 0 Å². The molecule has 0 radical (unpaired) electrons. The molecular weight excluding hydrogens is 272 g/mol. The second kappa shape index (κ2) is 5.27. The minimum absolute atomic E-state index is 0. The summed E-state index contributed by atoms with van der Waals surface area (Å²) in [5, 5.41) is 3.39. The third-order valence-corrected chi connectivity index (χ3v) is 6.72. The van der Waals surface area contributed by atoms with E-state index in [4.69, 9.17) is 0 Å². The van der Waals surface area contributed by atoms with E-state index in [1.807, 2.05) is 13.8 Å². The number of sulfone groups is 1. The summed E-state index contributed by atoms with van der Waals surface area (Å²) >= 11 is 0. The van der Waals surface area contributed by atoms with Gasteiger partial charge in [-0.1, -0.05) is 6.92 Å². The lowest BCUT2D eigenvalue weighted by Gasteiger charge is -2.41. The summed E-state index contributed by atoms with van der Waals surface area (Å²) < 4.78 is 23.3. The number of rotatable bonds is 2. The normalized spacial score (nSPS) is 35.1. The van der Waals surface area contributed by atoms with E-state index in [1.165, 1.54) is 6.42 Å². The average molecular weight is 297 g/mol. The monoisotopic (exact) mass is 296 g/mol. The average Bonchev–Trinajstić information content (AvgIpc) is 2.59. The summed E-state index contributed by atoms with van der Waals surface area (Å²) in [6.07, 6.45) is 1.19. The maximum Gasteiger partial charge on any atom is 0.157 e. The highest BCUT2D eigenvalue weighted by molar-refractivity contribution is 7.92. The lowest BCUT2D eigenvalue weighted by atomic mass is 9.89. The van der Waals surface area contributed by atoms with Gasteiger partial charge < -0.3 is 10.2 Å².